The second kappa shape index (κ2) is 13.3. The molecule has 45 heavy (non-hydrogen) atoms. The Morgan fingerprint density at radius 1 is 1.04 bits per heavy atom. The number of benzene rings is 3. The van der Waals surface area contributed by atoms with Crippen LogP contribution in [0.5, 0.6) is 5.75 Å². The molecule has 0 aliphatic rings. The van der Waals surface area contributed by atoms with Gasteiger partial charge >= 0.3 is 18.1 Å². The van der Waals surface area contributed by atoms with E-state index >= 15 is 0 Å². The molecule has 0 radical (unpaired) electrons. The van der Waals surface area contributed by atoms with Crippen molar-refractivity contribution in [1.29, 1.82) is 0 Å². The van der Waals surface area contributed by atoms with Crippen molar-refractivity contribution in [3.8, 4) is 28.5 Å². The quantitative estimate of drug-likeness (QED) is 0.218. The molecule has 10 nitrogen and oxygen atoms in total. The summed E-state index contributed by atoms with van der Waals surface area (Å²) in [5.74, 6) is 0.288. The zero-order valence-electron chi connectivity index (χ0n) is 24.7. The number of nitrogens with one attached hydrogen (secondary N) is 1. The number of nitrogens with zero attached hydrogens (tertiary/aromatic N) is 6. The lowest BCUT2D eigenvalue weighted by molar-refractivity contribution is -0.274. The van der Waals surface area contributed by atoms with Gasteiger partial charge in [-0.2, -0.15) is 4.99 Å². The Hall–Kier alpha value is -4.98. The van der Waals surface area contributed by atoms with Gasteiger partial charge in [-0.05, 0) is 72.3 Å². The fourth-order valence-electron chi connectivity index (χ4n) is 4.61. The molecule has 0 bridgehead atoms. The van der Waals surface area contributed by atoms with Crippen LogP contribution in [0.3, 0.4) is 0 Å². The predicted molar refractivity (Wildman–Crippen MR) is 164 cm³/mol. The van der Waals surface area contributed by atoms with E-state index in [-0.39, 0.29) is 17.4 Å². The Morgan fingerprint density at radius 2 is 1.76 bits per heavy atom. The lowest BCUT2D eigenvalue weighted by Gasteiger charge is -2.12. The predicted octanol–water partition coefficient (Wildman–Crippen LogP) is 5.84. The monoisotopic (exact) mass is 637 g/mol. The molecule has 5 aromatic rings. The zero-order chi connectivity index (χ0) is 32.1. The highest BCUT2D eigenvalue weighted by molar-refractivity contribution is 7.03. The number of halogens is 3. The van der Waals surface area contributed by atoms with Gasteiger partial charge in [0.2, 0.25) is 4.80 Å². The Labute approximate surface area is 260 Å². The summed E-state index contributed by atoms with van der Waals surface area (Å²) >= 11 is 1.14. The van der Waals surface area contributed by atoms with E-state index < -0.39 is 12.4 Å². The van der Waals surface area contributed by atoms with Gasteiger partial charge in [0.15, 0.2) is 5.82 Å². The molecule has 0 saturated heterocycles. The van der Waals surface area contributed by atoms with E-state index in [0.29, 0.717) is 41.5 Å². The fraction of sp³-hybridized carbons (Fsp3) is 0.258. The Kier molecular flexibility index (Phi) is 9.32. The number of carbonyl (C=O) groups excluding carboxylic acids is 1. The first-order valence-corrected chi connectivity index (χ1v) is 14.9. The molecule has 1 N–H and O–H groups in total. The van der Waals surface area contributed by atoms with Crippen molar-refractivity contribution in [2.24, 2.45) is 4.99 Å². The third kappa shape index (κ3) is 7.58. The highest BCUT2D eigenvalue weighted by atomic mass is 32.1. The SMILES string of the molecule is CCn1sc(=NC(=O)NCCc2ccc(-c3ncn(-c4ccc(OC(F)(F)F)cc4)n3)cc2)n(-c2ccccc2C(C)C)c1=O. The van der Waals surface area contributed by atoms with Crippen molar-refractivity contribution in [2.45, 2.75) is 46.0 Å². The van der Waals surface area contributed by atoms with Crippen molar-refractivity contribution in [3.05, 3.63) is 106 Å². The number of amides is 2. The second-order valence-electron chi connectivity index (χ2n) is 10.2. The minimum Gasteiger partial charge on any atom is -0.406 e. The molecule has 0 saturated carbocycles. The molecule has 14 heteroatoms. The van der Waals surface area contributed by atoms with E-state index in [1.54, 1.807) is 3.96 Å². The largest absolute Gasteiger partial charge is 0.573 e. The molecule has 2 amide bonds. The number of ether oxygens (including phenoxy) is 1. The molecule has 234 valence electrons. The lowest BCUT2D eigenvalue weighted by atomic mass is 10.0. The summed E-state index contributed by atoms with van der Waals surface area (Å²) in [6.07, 6.45) is -2.75. The smallest absolute Gasteiger partial charge is 0.406 e. The Balaban J connectivity index is 1.22. The van der Waals surface area contributed by atoms with Crippen LogP contribution in [0, 0.1) is 0 Å². The zero-order valence-corrected chi connectivity index (χ0v) is 25.5. The van der Waals surface area contributed by atoms with Gasteiger partial charge in [0, 0.05) is 18.7 Å². The van der Waals surface area contributed by atoms with Crippen molar-refractivity contribution >= 4 is 17.6 Å². The van der Waals surface area contributed by atoms with Gasteiger partial charge in [-0.1, -0.05) is 56.3 Å². The number of aryl methyl sites for hydroxylation is 1. The van der Waals surface area contributed by atoms with Gasteiger partial charge in [-0.3, -0.25) is 0 Å². The summed E-state index contributed by atoms with van der Waals surface area (Å²) in [5.41, 5.74) is 3.68. The number of rotatable bonds is 9. The van der Waals surface area contributed by atoms with E-state index in [1.165, 1.54) is 39.8 Å². The van der Waals surface area contributed by atoms with E-state index in [2.05, 4.69) is 25.1 Å². The maximum Gasteiger partial charge on any atom is 0.573 e. The summed E-state index contributed by atoms with van der Waals surface area (Å²) in [5, 5.41) is 7.22. The van der Waals surface area contributed by atoms with Gasteiger partial charge in [0.1, 0.15) is 12.1 Å². The van der Waals surface area contributed by atoms with Crippen LogP contribution in [0.1, 0.15) is 37.8 Å². The van der Waals surface area contributed by atoms with Gasteiger partial charge in [0.25, 0.3) is 0 Å². The molecule has 0 atom stereocenters. The molecule has 0 fully saturated rings. The molecular weight excluding hydrogens is 607 g/mol. The molecule has 5 rings (SSSR count). The number of para-hydroxylation sites is 1. The van der Waals surface area contributed by atoms with E-state index in [9.17, 15) is 22.8 Å². The van der Waals surface area contributed by atoms with Crippen LogP contribution in [0.2, 0.25) is 0 Å². The van der Waals surface area contributed by atoms with Crippen molar-refractivity contribution in [3.63, 3.8) is 0 Å². The number of hydrogen-bond donors (Lipinski definition) is 1. The summed E-state index contributed by atoms with van der Waals surface area (Å²) in [6.45, 7) is 6.75. The first kappa shape index (κ1) is 31.4. The fourth-order valence-corrected chi connectivity index (χ4v) is 5.48. The summed E-state index contributed by atoms with van der Waals surface area (Å²) in [6, 6.07) is 19.9. The lowest BCUT2D eigenvalue weighted by Crippen LogP contribution is -2.31. The van der Waals surface area contributed by atoms with Crippen LogP contribution in [-0.4, -0.2) is 42.2 Å². The highest BCUT2D eigenvalue weighted by Crippen LogP contribution is 2.24. The first-order chi connectivity index (χ1) is 21.5. The Morgan fingerprint density at radius 3 is 2.42 bits per heavy atom. The third-order valence-corrected chi connectivity index (χ3v) is 7.87. The number of aromatic nitrogens is 5. The normalized spacial score (nSPS) is 12.1. The van der Waals surface area contributed by atoms with Crippen molar-refractivity contribution in [2.75, 3.05) is 6.54 Å². The molecular formula is C31H30F3N7O3S. The molecule has 2 aromatic heterocycles. The van der Waals surface area contributed by atoms with Crippen LogP contribution in [-0.2, 0) is 13.0 Å². The van der Waals surface area contributed by atoms with Gasteiger partial charge in [-0.15, -0.1) is 18.3 Å². The minimum atomic E-state index is -4.76. The van der Waals surface area contributed by atoms with Crippen molar-refractivity contribution in [1.82, 2.24) is 28.6 Å². The number of carbonyl (C=O) groups is 1. The molecule has 0 aliphatic heterocycles. The second-order valence-corrected chi connectivity index (χ2v) is 11.2. The van der Waals surface area contributed by atoms with E-state index in [0.717, 1.165) is 28.2 Å². The van der Waals surface area contributed by atoms with Crippen LogP contribution in [0.4, 0.5) is 18.0 Å². The van der Waals surface area contributed by atoms with Crippen molar-refractivity contribution < 1.29 is 22.7 Å². The average Bonchev–Trinajstić information content (AvgIpc) is 3.62. The van der Waals surface area contributed by atoms with Gasteiger partial charge < -0.3 is 10.1 Å². The van der Waals surface area contributed by atoms with E-state index in [4.69, 9.17) is 0 Å². The topological polar surface area (TPSA) is 108 Å². The van der Waals surface area contributed by atoms with Crippen LogP contribution < -0.4 is 20.5 Å². The number of alkyl halides is 3. The van der Waals surface area contributed by atoms with E-state index in [1.807, 2.05) is 69.3 Å². The summed E-state index contributed by atoms with van der Waals surface area (Å²) in [4.78, 5) is 34.7. The minimum absolute atomic E-state index is 0.171. The van der Waals surface area contributed by atoms with Crippen LogP contribution >= 0.6 is 11.5 Å². The number of hydrogen-bond acceptors (Lipinski definition) is 6. The number of urea groups is 1. The summed E-state index contributed by atoms with van der Waals surface area (Å²) < 4.78 is 45.6. The molecule has 0 spiro atoms. The third-order valence-electron chi connectivity index (χ3n) is 6.80. The maximum absolute atomic E-state index is 13.1. The maximum atomic E-state index is 13.1. The van der Waals surface area contributed by atoms with Gasteiger partial charge in [-0.25, -0.2) is 27.8 Å². The Bertz CT molecular complexity index is 1900. The standard InChI is InChI=1S/C31H30F3N7O3S/c1-4-40-30(43)41(26-8-6-5-7-25(26)20(2)3)29(45-40)37-28(42)35-18-17-21-9-11-22(12-10-21)27-36-19-39(38-27)23-13-15-24(16-14-23)44-31(32,33)34/h5-16,19-20H,4,17-18H2,1-3H3,(H,35,42). The van der Waals surface area contributed by atoms with Crippen LogP contribution in [0.25, 0.3) is 22.8 Å². The van der Waals surface area contributed by atoms with Crippen LogP contribution in [0.15, 0.2) is 88.9 Å². The molecule has 0 aliphatic carbocycles. The molecule has 0 unspecified atom stereocenters. The average molecular weight is 638 g/mol. The molecule has 3 aromatic carbocycles. The van der Waals surface area contributed by atoms with Gasteiger partial charge in [0.05, 0.1) is 11.4 Å². The summed E-state index contributed by atoms with van der Waals surface area (Å²) in [7, 11) is 0. The highest BCUT2D eigenvalue weighted by Gasteiger charge is 2.31. The molecule has 2 heterocycles. The first-order valence-electron chi connectivity index (χ1n) is 14.1.